The molecule has 0 radical (unpaired) electrons. The normalized spacial score (nSPS) is 23.8. The fourth-order valence-corrected chi connectivity index (χ4v) is 2.70. The summed E-state index contributed by atoms with van der Waals surface area (Å²) in [6.07, 6.45) is 3.22. The van der Waals surface area contributed by atoms with Gasteiger partial charge in [0.15, 0.2) is 0 Å². The second kappa shape index (κ2) is 4.75. The zero-order valence-electron chi connectivity index (χ0n) is 12.1. The molecule has 1 aromatic heterocycles. The average Bonchev–Trinajstić information content (AvgIpc) is 3.05. The summed E-state index contributed by atoms with van der Waals surface area (Å²) in [5, 5.41) is 3.44. The van der Waals surface area contributed by atoms with Crippen molar-refractivity contribution in [1.29, 1.82) is 0 Å². The van der Waals surface area contributed by atoms with E-state index in [1.165, 1.54) is 17.7 Å². The van der Waals surface area contributed by atoms with E-state index in [1.54, 1.807) is 0 Å². The highest BCUT2D eigenvalue weighted by Crippen LogP contribution is 2.57. The zero-order valence-corrected chi connectivity index (χ0v) is 12.1. The molecule has 1 fully saturated rings. The molecule has 1 aliphatic heterocycles. The third kappa shape index (κ3) is 2.46. The van der Waals surface area contributed by atoms with E-state index in [-0.39, 0.29) is 0 Å². The molecule has 1 aromatic rings. The van der Waals surface area contributed by atoms with E-state index in [0.717, 1.165) is 37.6 Å². The van der Waals surface area contributed by atoms with Crippen molar-refractivity contribution in [2.75, 3.05) is 18.5 Å². The van der Waals surface area contributed by atoms with Crippen molar-refractivity contribution >= 4 is 5.82 Å². The minimum absolute atomic E-state index is 0.376. The first kappa shape index (κ1) is 12.9. The minimum Gasteiger partial charge on any atom is -0.376 e. The molecule has 0 bridgehead atoms. The van der Waals surface area contributed by atoms with Gasteiger partial charge in [-0.2, -0.15) is 0 Å². The maximum absolute atomic E-state index is 5.55. The molecule has 1 unspecified atom stereocenters. The quantitative estimate of drug-likeness (QED) is 0.905. The fourth-order valence-electron chi connectivity index (χ4n) is 2.70. The molecule has 104 valence electrons. The van der Waals surface area contributed by atoms with Gasteiger partial charge in [0.05, 0.1) is 18.9 Å². The van der Waals surface area contributed by atoms with Gasteiger partial charge >= 0.3 is 0 Å². The van der Waals surface area contributed by atoms with Crippen LogP contribution in [0.1, 0.15) is 56.6 Å². The van der Waals surface area contributed by atoms with E-state index < -0.39 is 0 Å². The molecule has 19 heavy (non-hydrogen) atoms. The van der Waals surface area contributed by atoms with Gasteiger partial charge < -0.3 is 10.1 Å². The molecule has 3 rings (SSSR count). The number of hydrogen-bond donors (Lipinski definition) is 1. The molecule has 2 aliphatic rings. The Morgan fingerprint density at radius 2 is 2.16 bits per heavy atom. The van der Waals surface area contributed by atoms with Gasteiger partial charge in [-0.1, -0.05) is 20.8 Å². The summed E-state index contributed by atoms with van der Waals surface area (Å²) < 4.78 is 5.55. The summed E-state index contributed by atoms with van der Waals surface area (Å²) in [6.45, 7) is 9.14. The molecule has 2 heterocycles. The van der Waals surface area contributed by atoms with Crippen molar-refractivity contribution in [2.45, 2.75) is 52.6 Å². The van der Waals surface area contributed by atoms with Crippen LogP contribution >= 0.6 is 0 Å². The second-order valence-corrected chi connectivity index (χ2v) is 6.33. The monoisotopic (exact) mass is 261 g/mol. The Morgan fingerprint density at radius 3 is 2.84 bits per heavy atom. The molecule has 0 aromatic carbocycles. The van der Waals surface area contributed by atoms with Crippen molar-refractivity contribution < 1.29 is 4.74 Å². The Bertz CT molecular complexity index is 485. The summed E-state index contributed by atoms with van der Waals surface area (Å²) >= 11 is 0. The first-order valence-corrected chi connectivity index (χ1v) is 7.33. The largest absolute Gasteiger partial charge is 0.376 e. The Hall–Kier alpha value is -1.16. The van der Waals surface area contributed by atoms with E-state index in [9.17, 15) is 0 Å². The number of fused-ring (bicyclic) bond motifs is 1. The van der Waals surface area contributed by atoms with Crippen LogP contribution in [0.5, 0.6) is 0 Å². The van der Waals surface area contributed by atoms with Crippen LogP contribution < -0.4 is 5.32 Å². The first-order valence-electron chi connectivity index (χ1n) is 7.33. The summed E-state index contributed by atoms with van der Waals surface area (Å²) in [7, 11) is 0. The van der Waals surface area contributed by atoms with E-state index >= 15 is 0 Å². The van der Waals surface area contributed by atoms with Gasteiger partial charge in [-0.05, 0) is 18.3 Å². The van der Waals surface area contributed by atoms with Gasteiger partial charge in [0.2, 0.25) is 0 Å². The van der Waals surface area contributed by atoms with Crippen LogP contribution in [-0.4, -0.2) is 23.1 Å². The van der Waals surface area contributed by atoms with Gasteiger partial charge in [-0.25, -0.2) is 9.97 Å². The van der Waals surface area contributed by atoms with Crippen LogP contribution in [0, 0.1) is 5.41 Å². The van der Waals surface area contributed by atoms with E-state index in [2.05, 4.69) is 26.1 Å². The van der Waals surface area contributed by atoms with Gasteiger partial charge in [0.25, 0.3) is 0 Å². The maximum Gasteiger partial charge on any atom is 0.135 e. The second-order valence-electron chi connectivity index (χ2n) is 6.33. The van der Waals surface area contributed by atoms with Gasteiger partial charge in [0.1, 0.15) is 11.6 Å². The Balaban J connectivity index is 1.94. The van der Waals surface area contributed by atoms with E-state index in [0.29, 0.717) is 17.9 Å². The summed E-state index contributed by atoms with van der Waals surface area (Å²) in [5.41, 5.74) is 2.74. The number of anilines is 1. The topological polar surface area (TPSA) is 47.0 Å². The maximum atomic E-state index is 5.55. The van der Waals surface area contributed by atoms with E-state index in [4.69, 9.17) is 14.7 Å². The van der Waals surface area contributed by atoms with Crippen LogP contribution in [0.4, 0.5) is 5.82 Å². The Morgan fingerprint density at radius 1 is 1.37 bits per heavy atom. The standard InChI is InChI=1S/C15H23N3O/c1-4-6-16-13-10-9-19-7-5-12(10)17-14(18-13)11-8-15(11,2)3/h11H,4-9H2,1-3H3,(H,16,17,18). The van der Waals surface area contributed by atoms with Crippen molar-refractivity contribution in [3.63, 3.8) is 0 Å². The lowest BCUT2D eigenvalue weighted by Crippen LogP contribution is -2.18. The lowest BCUT2D eigenvalue weighted by atomic mass is 10.1. The predicted molar refractivity (Wildman–Crippen MR) is 75.3 cm³/mol. The SMILES string of the molecule is CCCNc1nc(C2CC2(C)C)nc2c1COCC2. The molecule has 0 spiro atoms. The summed E-state index contributed by atoms with van der Waals surface area (Å²) in [6, 6.07) is 0. The molecule has 4 nitrogen and oxygen atoms in total. The summed E-state index contributed by atoms with van der Waals surface area (Å²) in [4.78, 5) is 9.59. The van der Waals surface area contributed by atoms with Crippen LogP contribution in [0.3, 0.4) is 0 Å². The molecule has 0 amide bonds. The lowest BCUT2D eigenvalue weighted by molar-refractivity contribution is 0.109. The third-order valence-corrected chi connectivity index (χ3v) is 4.21. The number of nitrogens with one attached hydrogen (secondary N) is 1. The molecule has 1 atom stereocenters. The molecule has 1 N–H and O–H groups in total. The average molecular weight is 261 g/mol. The van der Waals surface area contributed by atoms with Crippen LogP contribution in [0.25, 0.3) is 0 Å². The Kier molecular flexibility index (Phi) is 3.21. The van der Waals surface area contributed by atoms with Crippen LogP contribution in [-0.2, 0) is 17.8 Å². The number of hydrogen-bond acceptors (Lipinski definition) is 4. The molecular weight excluding hydrogens is 238 g/mol. The summed E-state index contributed by atoms with van der Waals surface area (Å²) in [5.74, 6) is 2.57. The number of rotatable bonds is 4. The van der Waals surface area contributed by atoms with Gasteiger partial charge in [-0.3, -0.25) is 0 Å². The number of aromatic nitrogens is 2. The molecule has 1 aliphatic carbocycles. The lowest BCUT2D eigenvalue weighted by Gasteiger charge is -2.20. The van der Waals surface area contributed by atoms with Crippen molar-refractivity contribution in [2.24, 2.45) is 5.41 Å². The number of ether oxygens (including phenoxy) is 1. The Labute approximate surface area is 115 Å². The number of nitrogens with zero attached hydrogens (tertiary/aromatic N) is 2. The van der Waals surface area contributed by atoms with Crippen molar-refractivity contribution in [3.05, 3.63) is 17.1 Å². The smallest absolute Gasteiger partial charge is 0.135 e. The van der Waals surface area contributed by atoms with E-state index in [1.807, 2.05) is 0 Å². The van der Waals surface area contributed by atoms with Gasteiger partial charge in [-0.15, -0.1) is 0 Å². The van der Waals surface area contributed by atoms with Crippen molar-refractivity contribution in [1.82, 2.24) is 9.97 Å². The molecule has 0 saturated heterocycles. The third-order valence-electron chi connectivity index (χ3n) is 4.21. The highest BCUT2D eigenvalue weighted by molar-refractivity contribution is 5.48. The van der Waals surface area contributed by atoms with Crippen LogP contribution in [0.15, 0.2) is 0 Å². The predicted octanol–water partition coefficient (Wildman–Crippen LogP) is 2.88. The van der Waals surface area contributed by atoms with Gasteiger partial charge in [0, 0.05) is 24.4 Å². The van der Waals surface area contributed by atoms with Crippen LogP contribution in [0.2, 0.25) is 0 Å². The fraction of sp³-hybridized carbons (Fsp3) is 0.733. The van der Waals surface area contributed by atoms with Crippen molar-refractivity contribution in [3.8, 4) is 0 Å². The molecular formula is C15H23N3O. The minimum atomic E-state index is 0.376. The highest BCUT2D eigenvalue weighted by atomic mass is 16.5. The zero-order chi connectivity index (χ0) is 13.5. The first-order chi connectivity index (χ1) is 9.12. The molecule has 4 heteroatoms. The highest BCUT2D eigenvalue weighted by Gasteiger charge is 2.49. The molecule has 1 saturated carbocycles.